The zero-order chi connectivity index (χ0) is 15.6. The van der Waals surface area contributed by atoms with Crippen molar-refractivity contribution in [1.82, 2.24) is 15.1 Å². The van der Waals surface area contributed by atoms with E-state index in [9.17, 15) is 19.5 Å². The number of β-lactam (4-membered cyclic amide) rings is 1. The summed E-state index contributed by atoms with van der Waals surface area (Å²) in [6.45, 7) is 1.36. The van der Waals surface area contributed by atoms with Crippen LogP contribution in [0.5, 0.6) is 0 Å². The first-order valence-electron chi connectivity index (χ1n) is 7.48. The first-order chi connectivity index (χ1) is 10.5. The number of amides is 2. The smallest absolute Gasteiger partial charge is 0.352 e. The second kappa shape index (κ2) is 4.42. The highest BCUT2D eigenvalue weighted by Crippen LogP contribution is 2.44. The third-order valence-corrected chi connectivity index (χ3v) is 5.14. The van der Waals surface area contributed by atoms with Crippen LogP contribution in [-0.4, -0.2) is 64.9 Å². The average Bonchev–Trinajstić information content (AvgIpc) is 3.02. The van der Waals surface area contributed by atoms with Crippen LogP contribution in [0.4, 0.5) is 0 Å². The van der Waals surface area contributed by atoms with Gasteiger partial charge >= 0.3 is 5.97 Å². The quantitative estimate of drug-likeness (QED) is 0.521. The molecule has 0 radical (unpaired) electrons. The second-order valence-electron chi connectivity index (χ2n) is 6.37. The Morgan fingerprint density at radius 3 is 2.82 bits per heavy atom. The lowest BCUT2D eigenvalue weighted by molar-refractivity contribution is -0.153. The fraction of sp³-hybridized carbons (Fsp3) is 0.533. The second-order valence-corrected chi connectivity index (χ2v) is 6.37. The number of likely N-dealkylation sites (tertiary alicyclic amines) is 1. The summed E-state index contributed by atoms with van der Waals surface area (Å²) < 4.78 is 0. The Labute approximate surface area is 127 Å². The van der Waals surface area contributed by atoms with Crippen LogP contribution in [0.25, 0.3) is 0 Å². The van der Waals surface area contributed by atoms with Gasteiger partial charge in [0.15, 0.2) is 0 Å². The van der Waals surface area contributed by atoms with Gasteiger partial charge in [-0.1, -0.05) is 0 Å². The number of nitrogens with zero attached hydrogens (tertiary/aromatic N) is 2. The van der Waals surface area contributed by atoms with Crippen molar-refractivity contribution in [3.63, 3.8) is 0 Å². The molecule has 3 saturated heterocycles. The SMILES string of the molecule is CN1CC/C(=C\C2=C(C(=O)O)N3C(=O)C4NCC(C2)[C@H]43)C1=O. The maximum atomic E-state index is 12.1. The van der Waals surface area contributed by atoms with Crippen molar-refractivity contribution in [2.45, 2.75) is 24.9 Å². The minimum atomic E-state index is -1.09. The van der Waals surface area contributed by atoms with Gasteiger partial charge in [-0.25, -0.2) is 4.79 Å². The molecule has 0 aliphatic carbocycles. The van der Waals surface area contributed by atoms with Gasteiger partial charge in [0.1, 0.15) is 11.7 Å². The molecular formula is C15H17N3O4. The van der Waals surface area contributed by atoms with Crippen LogP contribution in [0.1, 0.15) is 12.8 Å². The van der Waals surface area contributed by atoms with Crippen molar-refractivity contribution in [2.24, 2.45) is 5.92 Å². The fourth-order valence-corrected chi connectivity index (χ4v) is 4.04. The van der Waals surface area contributed by atoms with Crippen LogP contribution in [0, 0.1) is 5.92 Å². The normalized spacial score (nSPS) is 35.3. The predicted octanol–water partition coefficient (Wildman–Crippen LogP) is -0.684. The highest BCUT2D eigenvalue weighted by Gasteiger charge is 2.59. The minimum absolute atomic E-state index is 0.0392. The van der Waals surface area contributed by atoms with E-state index >= 15 is 0 Å². The monoisotopic (exact) mass is 303 g/mol. The van der Waals surface area contributed by atoms with E-state index in [-0.39, 0.29) is 35.5 Å². The van der Waals surface area contributed by atoms with Crippen molar-refractivity contribution < 1.29 is 19.5 Å². The van der Waals surface area contributed by atoms with Gasteiger partial charge in [0.2, 0.25) is 11.8 Å². The Morgan fingerprint density at radius 1 is 1.41 bits per heavy atom. The Balaban J connectivity index is 1.77. The van der Waals surface area contributed by atoms with Gasteiger partial charge in [0.25, 0.3) is 0 Å². The summed E-state index contributed by atoms with van der Waals surface area (Å²) in [5.74, 6) is -1.10. The molecule has 7 nitrogen and oxygen atoms in total. The number of hydrogen-bond donors (Lipinski definition) is 2. The van der Waals surface area contributed by atoms with E-state index in [0.29, 0.717) is 37.1 Å². The minimum Gasteiger partial charge on any atom is -0.477 e. The Morgan fingerprint density at radius 2 is 2.18 bits per heavy atom. The number of likely N-dealkylation sites (N-methyl/N-ethyl adjacent to an activating group) is 1. The molecule has 22 heavy (non-hydrogen) atoms. The van der Waals surface area contributed by atoms with Gasteiger partial charge in [-0.05, 0) is 30.4 Å². The average molecular weight is 303 g/mol. The summed E-state index contributed by atoms with van der Waals surface area (Å²) in [7, 11) is 1.73. The lowest BCUT2D eigenvalue weighted by Gasteiger charge is -2.48. The maximum Gasteiger partial charge on any atom is 0.352 e. The predicted molar refractivity (Wildman–Crippen MR) is 75.5 cm³/mol. The molecule has 4 aliphatic heterocycles. The lowest BCUT2D eigenvalue weighted by Crippen LogP contribution is -2.68. The Hall–Kier alpha value is -2.15. The molecule has 0 bridgehead atoms. The molecule has 2 amide bonds. The molecule has 2 N–H and O–H groups in total. The number of allylic oxidation sites excluding steroid dienone is 2. The van der Waals surface area contributed by atoms with Crippen molar-refractivity contribution >= 4 is 17.8 Å². The molecule has 116 valence electrons. The van der Waals surface area contributed by atoms with Gasteiger partial charge in [-0.3, -0.25) is 14.5 Å². The topological polar surface area (TPSA) is 90.0 Å². The summed E-state index contributed by atoms with van der Waals surface area (Å²) in [6, 6.07) is -0.268. The van der Waals surface area contributed by atoms with Gasteiger partial charge < -0.3 is 15.3 Å². The molecule has 0 aromatic carbocycles. The first-order valence-corrected chi connectivity index (χ1v) is 7.48. The van der Waals surface area contributed by atoms with E-state index in [4.69, 9.17) is 0 Å². The summed E-state index contributed by atoms with van der Waals surface area (Å²) in [5, 5.41) is 12.7. The van der Waals surface area contributed by atoms with Gasteiger partial charge in [0.05, 0.1) is 6.04 Å². The maximum absolute atomic E-state index is 12.1. The molecule has 3 atom stereocenters. The molecule has 0 aromatic rings. The first kappa shape index (κ1) is 13.5. The van der Waals surface area contributed by atoms with Crippen molar-refractivity contribution in [3.8, 4) is 0 Å². The molecule has 0 spiro atoms. The van der Waals surface area contributed by atoms with Crippen LogP contribution in [-0.2, 0) is 14.4 Å². The van der Waals surface area contributed by atoms with E-state index in [1.165, 1.54) is 4.90 Å². The van der Waals surface area contributed by atoms with Crippen molar-refractivity contribution in [3.05, 3.63) is 22.9 Å². The highest BCUT2D eigenvalue weighted by atomic mass is 16.4. The largest absolute Gasteiger partial charge is 0.477 e. The van der Waals surface area contributed by atoms with Crippen LogP contribution >= 0.6 is 0 Å². The standard InChI is InChI=1S/C15H17N3O4/c1-17-3-2-7(13(17)19)4-8-5-9-6-16-10-11(9)18(14(10)20)12(8)15(21)22/h4,9-11,16H,2-3,5-6H2,1H3,(H,21,22)/b7-4+/t9?,10?,11-/m1/s1. The van der Waals surface area contributed by atoms with Crippen LogP contribution < -0.4 is 5.32 Å². The number of carboxylic acids is 1. The van der Waals surface area contributed by atoms with Gasteiger partial charge in [-0.15, -0.1) is 0 Å². The van der Waals surface area contributed by atoms with Crippen molar-refractivity contribution in [1.29, 1.82) is 0 Å². The number of rotatable bonds is 2. The van der Waals surface area contributed by atoms with E-state index in [2.05, 4.69) is 5.32 Å². The van der Waals surface area contributed by atoms with E-state index in [1.54, 1.807) is 18.0 Å². The zero-order valence-corrected chi connectivity index (χ0v) is 12.2. The van der Waals surface area contributed by atoms with Crippen molar-refractivity contribution in [2.75, 3.05) is 20.1 Å². The van der Waals surface area contributed by atoms with Gasteiger partial charge in [-0.2, -0.15) is 0 Å². The zero-order valence-electron chi connectivity index (χ0n) is 12.2. The van der Waals surface area contributed by atoms with E-state index < -0.39 is 5.97 Å². The lowest BCUT2D eigenvalue weighted by atomic mass is 9.79. The van der Waals surface area contributed by atoms with E-state index in [0.717, 1.165) is 0 Å². The molecule has 0 aromatic heterocycles. The summed E-state index contributed by atoms with van der Waals surface area (Å²) in [6.07, 6.45) is 2.92. The molecule has 2 unspecified atom stereocenters. The molecule has 7 heteroatoms. The van der Waals surface area contributed by atoms with E-state index in [1.807, 2.05) is 0 Å². The third-order valence-electron chi connectivity index (χ3n) is 5.14. The summed E-state index contributed by atoms with van der Waals surface area (Å²) in [4.78, 5) is 38.9. The fourth-order valence-electron chi connectivity index (χ4n) is 4.04. The molecular weight excluding hydrogens is 286 g/mol. The summed E-state index contributed by atoms with van der Waals surface area (Å²) >= 11 is 0. The molecule has 4 aliphatic rings. The number of hydrogen-bond acceptors (Lipinski definition) is 4. The Bertz CT molecular complexity index is 666. The number of carboxylic acid groups (broad SMARTS) is 1. The number of nitrogens with one attached hydrogen (secondary N) is 1. The third kappa shape index (κ3) is 1.62. The number of carbonyl (C=O) groups excluding carboxylic acids is 2. The Kier molecular flexibility index (Phi) is 2.72. The number of carbonyl (C=O) groups is 3. The molecule has 4 rings (SSSR count). The van der Waals surface area contributed by atoms with Crippen LogP contribution in [0.2, 0.25) is 0 Å². The van der Waals surface area contributed by atoms with Gasteiger partial charge in [0, 0.05) is 25.7 Å². The van der Waals surface area contributed by atoms with Crippen LogP contribution in [0.3, 0.4) is 0 Å². The molecule has 4 heterocycles. The number of aliphatic carboxylic acids is 1. The highest BCUT2D eigenvalue weighted by molar-refractivity contribution is 6.02. The molecule has 3 fully saturated rings. The summed E-state index contributed by atoms with van der Waals surface area (Å²) in [5.41, 5.74) is 1.29. The van der Waals surface area contributed by atoms with Crippen LogP contribution in [0.15, 0.2) is 22.9 Å². The molecule has 0 saturated carbocycles.